The molecule has 0 aromatic heterocycles. The Morgan fingerprint density at radius 2 is 1.83 bits per heavy atom. The fraction of sp³-hybridized carbons (Fsp3) is 0.316. The van der Waals surface area contributed by atoms with Gasteiger partial charge < -0.3 is 14.4 Å². The van der Waals surface area contributed by atoms with Gasteiger partial charge in [-0.2, -0.15) is 0 Å². The number of carbonyl (C=O) groups excluding carboxylic acids is 1. The van der Waals surface area contributed by atoms with Crippen LogP contribution in [0.25, 0.3) is 0 Å². The molecule has 0 unspecified atom stereocenters. The third kappa shape index (κ3) is 5.46. The van der Waals surface area contributed by atoms with Crippen molar-refractivity contribution >= 4 is 17.5 Å². The van der Waals surface area contributed by atoms with E-state index in [2.05, 4.69) is 0 Å². The lowest BCUT2D eigenvalue weighted by Crippen LogP contribution is -2.26. The van der Waals surface area contributed by atoms with Crippen molar-refractivity contribution in [3.05, 3.63) is 59.1 Å². The first kappa shape index (κ1) is 18.1. The van der Waals surface area contributed by atoms with Crippen molar-refractivity contribution in [1.82, 2.24) is 4.90 Å². The van der Waals surface area contributed by atoms with Crippen LogP contribution in [0.4, 0.5) is 0 Å². The highest BCUT2D eigenvalue weighted by Crippen LogP contribution is 2.19. The summed E-state index contributed by atoms with van der Waals surface area (Å²) in [5.74, 6) is 1.64. The SMILES string of the molecule is COc1ccccc1CN(C)C(=O)CCCOc1ccc(Cl)cc1. The lowest BCUT2D eigenvalue weighted by atomic mass is 10.2. The molecule has 0 atom stereocenters. The van der Waals surface area contributed by atoms with Crippen molar-refractivity contribution in [1.29, 1.82) is 0 Å². The summed E-state index contributed by atoms with van der Waals surface area (Å²) in [6.07, 6.45) is 1.11. The molecule has 2 aromatic carbocycles. The molecule has 1 amide bonds. The van der Waals surface area contributed by atoms with Crippen molar-refractivity contribution < 1.29 is 14.3 Å². The van der Waals surface area contributed by atoms with Gasteiger partial charge in [-0.3, -0.25) is 4.79 Å². The van der Waals surface area contributed by atoms with Gasteiger partial charge >= 0.3 is 0 Å². The zero-order valence-corrected chi connectivity index (χ0v) is 14.8. The van der Waals surface area contributed by atoms with Crippen molar-refractivity contribution in [3.63, 3.8) is 0 Å². The van der Waals surface area contributed by atoms with Gasteiger partial charge in [-0.05, 0) is 36.8 Å². The number of hydrogen-bond donors (Lipinski definition) is 0. The maximum absolute atomic E-state index is 12.2. The molecule has 4 nitrogen and oxygen atoms in total. The highest BCUT2D eigenvalue weighted by molar-refractivity contribution is 6.30. The number of carbonyl (C=O) groups is 1. The first-order valence-electron chi connectivity index (χ1n) is 7.84. The molecule has 0 aliphatic carbocycles. The van der Waals surface area contributed by atoms with Crippen molar-refractivity contribution in [2.24, 2.45) is 0 Å². The molecule has 0 saturated carbocycles. The van der Waals surface area contributed by atoms with Gasteiger partial charge in [0.1, 0.15) is 11.5 Å². The largest absolute Gasteiger partial charge is 0.496 e. The second kappa shape index (κ2) is 9.18. The number of rotatable bonds is 8. The molecule has 5 heteroatoms. The molecule has 128 valence electrons. The lowest BCUT2D eigenvalue weighted by Gasteiger charge is -2.19. The molecule has 0 N–H and O–H groups in total. The monoisotopic (exact) mass is 347 g/mol. The van der Waals surface area contributed by atoms with E-state index in [-0.39, 0.29) is 5.91 Å². The van der Waals surface area contributed by atoms with Crippen LogP contribution in [0.1, 0.15) is 18.4 Å². The fourth-order valence-corrected chi connectivity index (χ4v) is 2.44. The third-order valence-electron chi connectivity index (χ3n) is 3.64. The summed E-state index contributed by atoms with van der Waals surface area (Å²) in [6.45, 7) is 1.02. The molecular formula is C19H22ClNO3. The summed E-state index contributed by atoms with van der Waals surface area (Å²) in [7, 11) is 3.43. The predicted octanol–water partition coefficient (Wildman–Crippen LogP) is 4.17. The minimum atomic E-state index is 0.0839. The van der Waals surface area contributed by atoms with Crippen LogP contribution in [0.5, 0.6) is 11.5 Å². The Morgan fingerprint density at radius 3 is 2.54 bits per heavy atom. The highest BCUT2D eigenvalue weighted by Gasteiger charge is 2.11. The fourth-order valence-electron chi connectivity index (χ4n) is 2.31. The highest BCUT2D eigenvalue weighted by atomic mass is 35.5. The Balaban J connectivity index is 1.74. The van der Waals surface area contributed by atoms with E-state index in [0.29, 0.717) is 31.0 Å². The molecule has 0 aliphatic heterocycles. The quantitative estimate of drug-likeness (QED) is 0.673. The summed E-state index contributed by atoms with van der Waals surface area (Å²) >= 11 is 5.82. The number of ether oxygens (including phenoxy) is 2. The van der Waals surface area contributed by atoms with Crippen molar-refractivity contribution in [2.75, 3.05) is 20.8 Å². The van der Waals surface area contributed by atoms with Gasteiger partial charge in [0.05, 0.1) is 13.7 Å². The van der Waals surface area contributed by atoms with E-state index in [1.54, 1.807) is 31.2 Å². The molecule has 0 aliphatic rings. The third-order valence-corrected chi connectivity index (χ3v) is 3.90. The molecule has 0 radical (unpaired) electrons. The van der Waals surface area contributed by atoms with Crippen molar-refractivity contribution in [2.45, 2.75) is 19.4 Å². The summed E-state index contributed by atoms with van der Waals surface area (Å²) in [6, 6.07) is 14.9. The first-order valence-corrected chi connectivity index (χ1v) is 8.22. The standard InChI is InChI=1S/C19H22ClNO3/c1-21(14-15-6-3-4-7-18(15)23-2)19(22)8-5-13-24-17-11-9-16(20)10-12-17/h3-4,6-7,9-12H,5,8,13-14H2,1-2H3. The average Bonchev–Trinajstić information content (AvgIpc) is 2.60. The number of para-hydroxylation sites is 1. The molecule has 2 rings (SSSR count). The molecule has 0 spiro atoms. The van der Waals surface area contributed by atoms with E-state index in [1.165, 1.54) is 0 Å². The molecule has 2 aromatic rings. The van der Waals surface area contributed by atoms with Gasteiger partial charge in [0.2, 0.25) is 5.91 Å². The number of benzene rings is 2. The van der Waals surface area contributed by atoms with Crippen LogP contribution in [0, 0.1) is 0 Å². The lowest BCUT2D eigenvalue weighted by molar-refractivity contribution is -0.130. The van der Waals surface area contributed by atoms with Crippen LogP contribution < -0.4 is 9.47 Å². The number of halogens is 1. The first-order chi connectivity index (χ1) is 11.6. The zero-order chi connectivity index (χ0) is 17.4. The Kier molecular flexibility index (Phi) is 6.94. The molecule has 0 heterocycles. The molecule has 24 heavy (non-hydrogen) atoms. The number of nitrogens with zero attached hydrogens (tertiary/aromatic N) is 1. The topological polar surface area (TPSA) is 38.8 Å². The van der Waals surface area contributed by atoms with Crippen LogP contribution in [0.2, 0.25) is 5.02 Å². The summed E-state index contributed by atoms with van der Waals surface area (Å²) in [5.41, 5.74) is 0.994. The van der Waals surface area contributed by atoms with Gasteiger partial charge in [-0.25, -0.2) is 0 Å². The van der Waals surface area contributed by atoms with Crippen LogP contribution in [0.15, 0.2) is 48.5 Å². The average molecular weight is 348 g/mol. The summed E-state index contributed by atoms with van der Waals surface area (Å²) < 4.78 is 10.9. The Morgan fingerprint density at radius 1 is 1.12 bits per heavy atom. The predicted molar refractivity (Wildman–Crippen MR) is 95.6 cm³/mol. The second-order valence-corrected chi connectivity index (χ2v) is 5.90. The van der Waals surface area contributed by atoms with Crippen LogP contribution in [-0.2, 0) is 11.3 Å². The Bertz CT molecular complexity index is 658. The van der Waals surface area contributed by atoms with E-state index in [9.17, 15) is 4.79 Å². The molecule has 0 fully saturated rings. The molecular weight excluding hydrogens is 326 g/mol. The van der Waals surface area contributed by atoms with Crippen LogP contribution in [0.3, 0.4) is 0 Å². The van der Waals surface area contributed by atoms with E-state index in [0.717, 1.165) is 17.1 Å². The smallest absolute Gasteiger partial charge is 0.222 e. The Hall–Kier alpha value is -2.20. The zero-order valence-electron chi connectivity index (χ0n) is 14.0. The van der Waals surface area contributed by atoms with E-state index in [4.69, 9.17) is 21.1 Å². The van der Waals surface area contributed by atoms with Gasteiger partial charge in [0.15, 0.2) is 0 Å². The van der Waals surface area contributed by atoms with Gasteiger partial charge in [-0.1, -0.05) is 29.8 Å². The Labute approximate surface area is 147 Å². The maximum Gasteiger partial charge on any atom is 0.222 e. The second-order valence-electron chi connectivity index (χ2n) is 5.47. The number of hydrogen-bond acceptors (Lipinski definition) is 3. The minimum absolute atomic E-state index is 0.0839. The number of methoxy groups -OCH3 is 1. The summed E-state index contributed by atoms with van der Waals surface area (Å²) in [4.78, 5) is 13.9. The van der Waals surface area contributed by atoms with Gasteiger partial charge in [0.25, 0.3) is 0 Å². The van der Waals surface area contributed by atoms with Crippen molar-refractivity contribution in [3.8, 4) is 11.5 Å². The van der Waals surface area contributed by atoms with Crippen LogP contribution in [-0.4, -0.2) is 31.6 Å². The maximum atomic E-state index is 12.2. The summed E-state index contributed by atoms with van der Waals surface area (Å²) in [5, 5.41) is 0.676. The van der Waals surface area contributed by atoms with E-state index in [1.807, 2.05) is 36.4 Å². The normalized spacial score (nSPS) is 10.3. The van der Waals surface area contributed by atoms with E-state index >= 15 is 0 Å². The van der Waals surface area contributed by atoms with E-state index < -0.39 is 0 Å². The van der Waals surface area contributed by atoms with Crippen LogP contribution >= 0.6 is 11.6 Å². The van der Waals surface area contributed by atoms with Gasteiger partial charge in [0, 0.05) is 30.6 Å². The number of amides is 1. The molecule has 0 saturated heterocycles. The molecule has 0 bridgehead atoms. The van der Waals surface area contributed by atoms with Gasteiger partial charge in [-0.15, -0.1) is 0 Å². The minimum Gasteiger partial charge on any atom is -0.496 e.